The number of fused-ring (bicyclic) bond motifs is 1. The average molecular weight is 231 g/mol. The number of pyridine rings is 1. The largest absolute Gasteiger partial charge is 0.308 e. The molecule has 92 valence electrons. The maximum Gasteiger partial charge on any atom is 0.0312 e. The topological polar surface area (TPSA) is 28.2 Å². The van der Waals surface area contributed by atoms with E-state index in [0.717, 1.165) is 12.6 Å². The van der Waals surface area contributed by atoms with Crippen LogP contribution in [0, 0.1) is 0 Å². The second-order valence-corrected chi connectivity index (χ2v) is 5.24. The second kappa shape index (κ2) is 5.15. The standard InChI is InChI=1S/C14H21N3/c1-2-8-17-9-6-13(14(17)5-1)16-11-12-4-3-7-15-10-12/h3-4,7,10,13-14,16H,1-2,5-6,8-9,11H2. The van der Waals surface area contributed by atoms with Crippen molar-refractivity contribution >= 4 is 0 Å². The Morgan fingerprint density at radius 2 is 2.29 bits per heavy atom. The number of aromatic nitrogens is 1. The first kappa shape index (κ1) is 11.2. The van der Waals surface area contributed by atoms with Gasteiger partial charge in [0.05, 0.1) is 0 Å². The molecule has 2 unspecified atom stereocenters. The fraction of sp³-hybridized carbons (Fsp3) is 0.643. The highest BCUT2D eigenvalue weighted by Gasteiger charge is 2.34. The van der Waals surface area contributed by atoms with Crippen molar-refractivity contribution in [1.82, 2.24) is 15.2 Å². The molecule has 0 bridgehead atoms. The molecule has 1 aromatic rings. The van der Waals surface area contributed by atoms with Crippen molar-refractivity contribution in [2.45, 2.75) is 44.3 Å². The minimum Gasteiger partial charge on any atom is -0.308 e. The summed E-state index contributed by atoms with van der Waals surface area (Å²) < 4.78 is 0. The first-order chi connectivity index (χ1) is 8.43. The molecular weight excluding hydrogens is 210 g/mol. The Morgan fingerprint density at radius 1 is 1.29 bits per heavy atom. The second-order valence-electron chi connectivity index (χ2n) is 5.24. The van der Waals surface area contributed by atoms with Gasteiger partial charge in [0.1, 0.15) is 0 Å². The number of hydrogen-bond acceptors (Lipinski definition) is 3. The summed E-state index contributed by atoms with van der Waals surface area (Å²) in [5.41, 5.74) is 1.29. The molecule has 0 amide bonds. The third kappa shape index (κ3) is 2.50. The molecule has 0 aliphatic carbocycles. The smallest absolute Gasteiger partial charge is 0.0312 e. The zero-order valence-electron chi connectivity index (χ0n) is 10.3. The van der Waals surface area contributed by atoms with Crippen molar-refractivity contribution in [3.05, 3.63) is 30.1 Å². The van der Waals surface area contributed by atoms with Gasteiger partial charge in [-0.25, -0.2) is 0 Å². The van der Waals surface area contributed by atoms with Crippen LogP contribution in [0.1, 0.15) is 31.2 Å². The summed E-state index contributed by atoms with van der Waals surface area (Å²) in [5.74, 6) is 0. The minimum absolute atomic E-state index is 0.690. The lowest BCUT2D eigenvalue weighted by Gasteiger charge is -2.32. The first-order valence-electron chi connectivity index (χ1n) is 6.80. The molecule has 0 spiro atoms. The van der Waals surface area contributed by atoms with Gasteiger partial charge < -0.3 is 5.32 Å². The van der Waals surface area contributed by atoms with Crippen LogP contribution in [0.25, 0.3) is 0 Å². The zero-order chi connectivity index (χ0) is 11.5. The van der Waals surface area contributed by atoms with Crippen LogP contribution in [-0.2, 0) is 6.54 Å². The number of nitrogens with one attached hydrogen (secondary N) is 1. The summed E-state index contributed by atoms with van der Waals surface area (Å²) in [6.45, 7) is 3.56. The van der Waals surface area contributed by atoms with E-state index in [0.29, 0.717) is 6.04 Å². The normalized spacial score (nSPS) is 29.2. The Hall–Kier alpha value is -0.930. The van der Waals surface area contributed by atoms with E-state index < -0.39 is 0 Å². The van der Waals surface area contributed by atoms with Gasteiger partial charge in [0.25, 0.3) is 0 Å². The Bertz CT molecular complexity index is 352. The minimum atomic E-state index is 0.690. The molecule has 0 aromatic carbocycles. The lowest BCUT2D eigenvalue weighted by molar-refractivity contribution is 0.180. The van der Waals surface area contributed by atoms with E-state index in [2.05, 4.69) is 21.3 Å². The maximum absolute atomic E-state index is 4.16. The number of hydrogen-bond donors (Lipinski definition) is 1. The van der Waals surface area contributed by atoms with E-state index in [4.69, 9.17) is 0 Å². The lowest BCUT2D eigenvalue weighted by atomic mass is 9.99. The highest BCUT2D eigenvalue weighted by atomic mass is 15.2. The molecule has 2 saturated heterocycles. The molecule has 17 heavy (non-hydrogen) atoms. The van der Waals surface area contributed by atoms with E-state index in [1.807, 2.05) is 18.5 Å². The molecule has 0 saturated carbocycles. The highest BCUT2D eigenvalue weighted by molar-refractivity contribution is 5.08. The Labute approximate surface area is 103 Å². The van der Waals surface area contributed by atoms with Crippen molar-refractivity contribution < 1.29 is 0 Å². The molecule has 2 aliphatic heterocycles. The molecule has 2 atom stereocenters. The van der Waals surface area contributed by atoms with Crippen LogP contribution in [0.3, 0.4) is 0 Å². The van der Waals surface area contributed by atoms with Crippen molar-refractivity contribution in [2.24, 2.45) is 0 Å². The van der Waals surface area contributed by atoms with Gasteiger partial charge in [-0.15, -0.1) is 0 Å². The van der Waals surface area contributed by atoms with Crippen LogP contribution in [0.5, 0.6) is 0 Å². The highest BCUT2D eigenvalue weighted by Crippen LogP contribution is 2.27. The van der Waals surface area contributed by atoms with Crippen LogP contribution in [0.15, 0.2) is 24.5 Å². The molecule has 1 N–H and O–H groups in total. The van der Waals surface area contributed by atoms with Crippen LogP contribution < -0.4 is 5.32 Å². The fourth-order valence-electron chi connectivity index (χ4n) is 3.24. The van der Waals surface area contributed by atoms with E-state index in [1.165, 1.54) is 44.3 Å². The van der Waals surface area contributed by atoms with Gasteiger partial charge in [-0.2, -0.15) is 0 Å². The van der Waals surface area contributed by atoms with Crippen molar-refractivity contribution in [3.8, 4) is 0 Å². The molecule has 0 radical (unpaired) electrons. The molecule has 3 nitrogen and oxygen atoms in total. The average Bonchev–Trinajstić information content (AvgIpc) is 2.81. The van der Waals surface area contributed by atoms with Crippen LogP contribution >= 0.6 is 0 Å². The fourth-order valence-corrected chi connectivity index (χ4v) is 3.24. The summed E-state index contributed by atoms with van der Waals surface area (Å²) in [5, 5.41) is 3.72. The van der Waals surface area contributed by atoms with Gasteiger partial charge >= 0.3 is 0 Å². The Kier molecular flexibility index (Phi) is 3.39. The van der Waals surface area contributed by atoms with Crippen LogP contribution in [-0.4, -0.2) is 35.1 Å². The van der Waals surface area contributed by atoms with E-state index in [1.54, 1.807) is 0 Å². The molecule has 2 fully saturated rings. The van der Waals surface area contributed by atoms with E-state index in [9.17, 15) is 0 Å². The van der Waals surface area contributed by atoms with Crippen molar-refractivity contribution in [1.29, 1.82) is 0 Å². The van der Waals surface area contributed by atoms with Gasteiger partial charge in [-0.05, 0) is 37.4 Å². The van der Waals surface area contributed by atoms with E-state index in [-0.39, 0.29) is 0 Å². The summed E-state index contributed by atoms with van der Waals surface area (Å²) in [6.07, 6.45) is 9.29. The van der Waals surface area contributed by atoms with Gasteiger partial charge in [0.2, 0.25) is 0 Å². The van der Waals surface area contributed by atoms with Crippen LogP contribution in [0.4, 0.5) is 0 Å². The zero-order valence-corrected chi connectivity index (χ0v) is 10.3. The number of nitrogens with zero attached hydrogens (tertiary/aromatic N) is 2. The summed E-state index contributed by atoms with van der Waals surface area (Å²) in [4.78, 5) is 6.83. The summed E-state index contributed by atoms with van der Waals surface area (Å²) in [6, 6.07) is 5.64. The molecular formula is C14H21N3. The predicted molar refractivity (Wildman–Crippen MR) is 68.7 cm³/mol. The number of rotatable bonds is 3. The molecule has 2 aliphatic rings. The summed E-state index contributed by atoms with van der Waals surface area (Å²) >= 11 is 0. The quantitative estimate of drug-likeness (QED) is 0.860. The third-order valence-corrected chi connectivity index (χ3v) is 4.15. The Morgan fingerprint density at radius 3 is 3.18 bits per heavy atom. The van der Waals surface area contributed by atoms with Crippen molar-refractivity contribution in [3.63, 3.8) is 0 Å². The lowest BCUT2D eigenvalue weighted by Crippen LogP contribution is -2.44. The molecule has 3 rings (SSSR count). The molecule has 3 heteroatoms. The monoisotopic (exact) mass is 231 g/mol. The van der Waals surface area contributed by atoms with Gasteiger partial charge in [-0.3, -0.25) is 9.88 Å². The van der Waals surface area contributed by atoms with Gasteiger partial charge in [0.15, 0.2) is 0 Å². The number of piperidine rings is 1. The van der Waals surface area contributed by atoms with Gasteiger partial charge in [-0.1, -0.05) is 12.5 Å². The SMILES string of the molecule is c1cncc(CNC2CCN3CCCCC23)c1. The molecule has 3 heterocycles. The third-order valence-electron chi connectivity index (χ3n) is 4.15. The first-order valence-corrected chi connectivity index (χ1v) is 6.80. The van der Waals surface area contributed by atoms with Crippen LogP contribution in [0.2, 0.25) is 0 Å². The van der Waals surface area contributed by atoms with E-state index >= 15 is 0 Å². The van der Waals surface area contributed by atoms with Crippen molar-refractivity contribution in [2.75, 3.05) is 13.1 Å². The summed E-state index contributed by atoms with van der Waals surface area (Å²) in [7, 11) is 0. The van der Waals surface area contributed by atoms with Gasteiger partial charge in [0, 0.05) is 37.6 Å². The maximum atomic E-state index is 4.16. The predicted octanol–water partition coefficient (Wildman–Crippen LogP) is 1.80. The molecule has 1 aromatic heterocycles. The Balaban J connectivity index is 1.55.